The van der Waals surface area contributed by atoms with E-state index < -0.39 is 0 Å². The van der Waals surface area contributed by atoms with E-state index in [-0.39, 0.29) is 0 Å². The molecule has 0 fully saturated rings. The lowest BCUT2D eigenvalue weighted by Gasteiger charge is -2.05. The highest BCUT2D eigenvalue weighted by molar-refractivity contribution is 5.66. The number of rotatable bonds is 2. The number of hydrogen-bond acceptors (Lipinski definition) is 3. The normalized spacial score (nSPS) is 9.95. The number of hydrogen-bond donors (Lipinski definition) is 0. The molecule has 20 heavy (non-hydrogen) atoms. The van der Waals surface area contributed by atoms with Crippen LogP contribution in [0.25, 0.3) is 22.6 Å². The van der Waals surface area contributed by atoms with Gasteiger partial charge in [0, 0.05) is 11.8 Å². The summed E-state index contributed by atoms with van der Waals surface area (Å²) in [6.45, 7) is 0. The summed E-state index contributed by atoms with van der Waals surface area (Å²) in [4.78, 5) is 8.90. The van der Waals surface area contributed by atoms with Crippen LogP contribution in [0.4, 0.5) is 0 Å². The zero-order valence-electron chi connectivity index (χ0n) is 10.7. The summed E-state index contributed by atoms with van der Waals surface area (Å²) in [7, 11) is 0. The highest BCUT2D eigenvalue weighted by Crippen LogP contribution is 2.23. The van der Waals surface area contributed by atoms with Crippen LogP contribution in [0.15, 0.2) is 66.9 Å². The summed E-state index contributed by atoms with van der Waals surface area (Å²) >= 11 is 0. The summed E-state index contributed by atoms with van der Waals surface area (Å²) in [6, 6.07) is 21.2. The Morgan fingerprint density at radius 1 is 0.800 bits per heavy atom. The molecule has 0 atom stereocenters. The van der Waals surface area contributed by atoms with Crippen molar-refractivity contribution in [2.45, 2.75) is 0 Å². The Balaban J connectivity index is 2.16. The second-order valence-corrected chi connectivity index (χ2v) is 4.32. The summed E-state index contributed by atoms with van der Waals surface area (Å²) in [6.07, 6.45) is 1.72. The van der Waals surface area contributed by atoms with Gasteiger partial charge in [-0.3, -0.25) is 4.98 Å². The molecule has 3 nitrogen and oxygen atoms in total. The Kier molecular flexibility index (Phi) is 3.22. The van der Waals surface area contributed by atoms with Gasteiger partial charge in [-0.25, -0.2) is 4.98 Å². The smallest absolute Gasteiger partial charge is 0.0993 e. The van der Waals surface area contributed by atoms with Crippen molar-refractivity contribution in [2.24, 2.45) is 0 Å². The Morgan fingerprint density at radius 3 is 2.25 bits per heavy atom. The lowest BCUT2D eigenvalue weighted by Crippen LogP contribution is -1.92. The van der Waals surface area contributed by atoms with Crippen molar-refractivity contribution in [1.29, 1.82) is 5.26 Å². The van der Waals surface area contributed by atoms with Crippen molar-refractivity contribution in [3.05, 3.63) is 72.4 Å². The molecule has 3 rings (SSSR count). The van der Waals surface area contributed by atoms with Gasteiger partial charge >= 0.3 is 0 Å². The van der Waals surface area contributed by atoms with Gasteiger partial charge in [-0.2, -0.15) is 5.26 Å². The number of nitriles is 1. The molecule has 0 saturated carbocycles. The van der Waals surface area contributed by atoms with Gasteiger partial charge in [-0.15, -0.1) is 0 Å². The number of aromatic nitrogens is 2. The third-order valence-corrected chi connectivity index (χ3v) is 2.95. The Morgan fingerprint density at radius 2 is 1.55 bits per heavy atom. The predicted molar refractivity (Wildman–Crippen MR) is 77.6 cm³/mol. The van der Waals surface area contributed by atoms with E-state index in [0.717, 1.165) is 17.0 Å². The molecule has 3 aromatic rings. The quantitative estimate of drug-likeness (QED) is 0.703. The maximum absolute atomic E-state index is 9.18. The molecule has 2 aromatic heterocycles. The largest absolute Gasteiger partial charge is 0.255 e. The fourth-order valence-corrected chi connectivity index (χ4v) is 2.00. The topological polar surface area (TPSA) is 49.6 Å². The molecule has 0 N–H and O–H groups in total. The van der Waals surface area contributed by atoms with E-state index in [2.05, 4.69) is 16.0 Å². The van der Waals surface area contributed by atoms with E-state index >= 15 is 0 Å². The van der Waals surface area contributed by atoms with Gasteiger partial charge in [0.15, 0.2) is 0 Å². The maximum atomic E-state index is 9.18. The fraction of sp³-hybridized carbons (Fsp3) is 0. The van der Waals surface area contributed by atoms with E-state index in [9.17, 15) is 5.26 Å². The van der Waals surface area contributed by atoms with Crippen LogP contribution in [0, 0.1) is 11.3 Å². The highest BCUT2D eigenvalue weighted by atomic mass is 14.8. The third-order valence-electron chi connectivity index (χ3n) is 2.95. The zero-order valence-corrected chi connectivity index (χ0v) is 10.7. The van der Waals surface area contributed by atoms with Crippen LogP contribution in [-0.4, -0.2) is 9.97 Å². The molecule has 0 amide bonds. The third kappa shape index (κ3) is 2.40. The molecular weight excluding hydrogens is 246 g/mol. The molecule has 0 unspecified atom stereocenters. The minimum absolute atomic E-state index is 0.583. The zero-order chi connectivity index (χ0) is 13.8. The van der Waals surface area contributed by atoms with Gasteiger partial charge in [0.1, 0.15) is 0 Å². The van der Waals surface area contributed by atoms with Crippen LogP contribution in [-0.2, 0) is 0 Å². The number of nitrogens with zero attached hydrogens (tertiary/aromatic N) is 3. The monoisotopic (exact) mass is 257 g/mol. The summed E-state index contributed by atoms with van der Waals surface area (Å²) in [5, 5.41) is 9.18. The molecular formula is C17H11N3. The van der Waals surface area contributed by atoms with Crippen molar-refractivity contribution < 1.29 is 0 Å². The summed E-state index contributed by atoms with van der Waals surface area (Å²) in [5.74, 6) is 0. The first-order valence-corrected chi connectivity index (χ1v) is 6.26. The lowest BCUT2D eigenvalue weighted by atomic mass is 10.1. The Labute approximate surface area is 117 Å². The second kappa shape index (κ2) is 5.33. The fourth-order valence-electron chi connectivity index (χ4n) is 2.00. The molecule has 0 spiro atoms. The number of pyridine rings is 2. The van der Waals surface area contributed by atoms with Gasteiger partial charge in [0.2, 0.25) is 0 Å². The van der Waals surface area contributed by atoms with Gasteiger partial charge in [0.25, 0.3) is 0 Å². The standard InChI is InChI=1S/C17H11N3/c18-12-13-10-16(14-6-2-1-3-7-14)20-17(11-13)15-8-4-5-9-19-15/h1-11H. The highest BCUT2D eigenvalue weighted by Gasteiger charge is 2.07. The van der Waals surface area contributed by atoms with Crippen LogP contribution < -0.4 is 0 Å². The molecule has 0 saturated heterocycles. The van der Waals surface area contributed by atoms with Crippen LogP contribution >= 0.6 is 0 Å². The van der Waals surface area contributed by atoms with Crippen LogP contribution in [0.5, 0.6) is 0 Å². The second-order valence-electron chi connectivity index (χ2n) is 4.32. The van der Waals surface area contributed by atoms with Crippen molar-refractivity contribution in [3.63, 3.8) is 0 Å². The van der Waals surface area contributed by atoms with Gasteiger partial charge in [-0.1, -0.05) is 36.4 Å². The van der Waals surface area contributed by atoms with E-state index in [4.69, 9.17) is 0 Å². The summed E-state index contributed by atoms with van der Waals surface area (Å²) < 4.78 is 0. The molecule has 2 heterocycles. The van der Waals surface area contributed by atoms with Crippen LogP contribution in [0.1, 0.15) is 5.56 Å². The molecule has 1 aromatic carbocycles. The molecule has 3 heteroatoms. The molecule has 0 aliphatic heterocycles. The van der Waals surface area contributed by atoms with E-state index in [1.165, 1.54) is 0 Å². The molecule has 0 aliphatic rings. The minimum Gasteiger partial charge on any atom is -0.255 e. The lowest BCUT2D eigenvalue weighted by molar-refractivity contribution is 1.24. The molecule has 0 aliphatic carbocycles. The molecule has 0 radical (unpaired) electrons. The van der Waals surface area contributed by atoms with Crippen molar-refractivity contribution in [1.82, 2.24) is 9.97 Å². The minimum atomic E-state index is 0.583. The average Bonchev–Trinajstić information content (AvgIpc) is 2.56. The first-order valence-electron chi connectivity index (χ1n) is 6.26. The van der Waals surface area contributed by atoms with Gasteiger partial charge in [0.05, 0.1) is 28.7 Å². The van der Waals surface area contributed by atoms with Crippen molar-refractivity contribution >= 4 is 0 Å². The maximum Gasteiger partial charge on any atom is 0.0993 e. The van der Waals surface area contributed by atoms with E-state index in [0.29, 0.717) is 11.3 Å². The van der Waals surface area contributed by atoms with Crippen molar-refractivity contribution in [2.75, 3.05) is 0 Å². The van der Waals surface area contributed by atoms with Gasteiger partial charge in [-0.05, 0) is 24.3 Å². The van der Waals surface area contributed by atoms with Gasteiger partial charge < -0.3 is 0 Å². The first kappa shape index (κ1) is 12.1. The molecule has 0 bridgehead atoms. The Bertz CT molecular complexity index is 701. The van der Waals surface area contributed by atoms with Crippen LogP contribution in [0.3, 0.4) is 0 Å². The first-order chi connectivity index (χ1) is 9.86. The average molecular weight is 257 g/mol. The van der Waals surface area contributed by atoms with E-state index in [1.54, 1.807) is 18.3 Å². The Hall–Kier alpha value is -2.99. The molecule has 94 valence electrons. The number of benzene rings is 1. The van der Waals surface area contributed by atoms with Crippen molar-refractivity contribution in [3.8, 4) is 28.7 Å². The predicted octanol–water partition coefficient (Wildman–Crippen LogP) is 3.68. The summed E-state index contributed by atoms with van der Waals surface area (Å²) in [5.41, 5.74) is 3.83. The SMILES string of the molecule is N#Cc1cc(-c2ccccc2)nc(-c2ccccn2)c1. The van der Waals surface area contributed by atoms with Crippen LogP contribution in [0.2, 0.25) is 0 Å². The van der Waals surface area contributed by atoms with E-state index in [1.807, 2.05) is 48.5 Å².